The normalized spacial score (nSPS) is 19.2. The van der Waals surface area contributed by atoms with E-state index in [2.05, 4.69) is 19.2 Å². The van der Waals surface area contributed by atoms with Crippen LogP contribution in [0.5, 0.6) is 0 Å². The van der Waals surface area contributed by atoms with Gasteiger partial charge >= 0.3 is 18.0 Å². The van der Waals surface area contributed by atoms with Gasteiger partial charge in [0.05, 0.1) is 6.42 Å². The molecule has 0 aromatic heterocycles. The highest BCUT2D eigenvalue weighted by molar-refractivity contribution is 5.86. The van der Waals surface area contributed by atoms with E-state index in [0.29, 0.717) is 13.1 Å². The van der Waals surface area contributed by atoms with E-state index in [0.717, 1.165) is 19.3 Å². The number of hydrogen-bond donors (Lipinski definition) is 3. The van der Waals surface area contributed by atoms with Crippen molar-refractivity contribution in [3.8, 4) is 0 Å². The number of likely N-dealkylation sites (tertiary alicyclic amines) is 1. The van der Waals surface area contributed by atoms with Gasteiger partial charge < -0.3 is 20.4 Å². The molecule has 20 heavy (non-hydrogen) atoms. The molecule has 1 rings (SSSR count). The van der Waals surface area contributed by atoms with Crippen molar-refractivity contribution < 1.29 is 24.6 Å². The van der Waals surface area contributed by atoms with Crippen LogP contribution in [0.1, 0.15) is 39.5 Å². The molecule has 0 aliphatic carbocycles. The van der Waals surface area contributed by atoms with Crippen LogP contribution in [0.25, 0.3) is 0 Å². The summed E-state index contributed by atoms with van der Waals surface area (Å²) in [5.41, 5.74) is 0.226. The molecule has 1 heterocycles. The maximum Gasteiger partial charge on any atom is 0.326 e. The van der Waals surface area contributed by atoms with E-state index < -0.39 is 30.4 Å². The number of urea groups is 1. The summed E-state index contributed by atoms with van der Waals surface area (Å²) >= 11 is 0. The lowest BCUT2D eigenvalue weighted by molar-refractivity contribution is -0.145. The third-order valence-electron chi connectivity index (χ3n) is 4.09. The van der Waals surface area contributed by atoms with Crippen LogP contribution in [0, 0.1) is 5.41 Å². The molecular formula is C13H22N2O5. The first-order valence-electron chi connectivity index (χ1n) is 6.77. The van der Waals surface area contributed by atoms with Gasteiger partial charge in [-0.15, -0.1) is 0 Å². The van der Waals surface area contributed by atoms with E-state index in [9.17, 15) is 14.4 Å². The number of hydrogen-bond acceptors (Lipinski definition) is 3. The lowest BCUT2D eigenvalue weighted by atomic mass is 9.78. The molecule has 3 N–H and O–H groups in total. The van der Waals surface area contributed by atoms with E-state index in [1.807, 2.05) is 0 Å². The zero-order valence-electron chi connectivity index (χ0n) is 11.9. The summed E-state index contributed by atoms with van der Waals surface area (Å²) in [6, 6.07) is -1.89. The second-order valence-corrected chi connectivity index (χ2v) is 5.59. The topological polar surface area (TPSA) is 107 Å². The summed E-state index contributed by atoms with van der Waals surface area (Å²) in [6.07, 6.45) is 2.15. The minimum absolute atomic E-state index is 0.226. The summed E-state index contributed by atoms with van der Waals surface area (Å²) < 4.78 is 0. The first kappa shape index (κ1) is 16.3. The summed E-state index contributed by atoms with van der Waals surface area (Å²) in [5, 5.41) is 19.8. The highest BCUT2D eigenvalue weighted by Gasteiger charge is 2.32. The molecule has 7 nitrogen and oxygen atoms in total. The van der Waals surface area contributed by atoms with Gasteiger partial charge in [0.1, 0.15) is 6.04 Å². The van der Waals surface area contributed by atoms with Crippen molar-refractivity contribution in [1.29, 1.82) is 0 Å². The molecule has 0 unspecified atom stereocenters. The van der Waals surface area contributed by atoms with Crippen LogP contribution in [0.15, 0.2) is 0 Å². The molecule has 0 saturated carbocycles. The van der Waals surface area contributed by atoms with Crippen LogP contribution in [0.4, 0.5) is 4.79 Å². The fourth-order valence-electron chi connectivity index (χ4n) is 2.22. The zero-order chi connectivity index (χ0) is 15.3. The van der Waals surface area contributed by atoms with Crippen molar-refractivity contribution in [2.45, 2.75) is 45.6 Å². The second kappa shape index (κ2) is 6.58. The van der Waals surface area contributed by atoms with Gasteiger partial charge in [-0.05, 0) is 18.3 Å². The van der Waals surface area contributed by atoms with Gasteiger partial charge in [-0.2, -0.15) is 0 Å². The largest absolute Gasteiger partial charge is 0.481 e. The van der Waals surface area contributed by atoms with E-state index in [-0.39, 0.29) is 5.41 Å². The van der Waals surface area contributed by atoms with Gasteiger partial charge in [-0.1, -0.05) is 20.3 Å². The third-order valence-corrected chi connectivity index (χ3v) is 4.09. The molecule has 114 valence electrons. The van der Waals surface area contributed by atoms with Crippen molar-refractivity contribution in [2.24, 2.45) is 5.41 Å². The SMILES string of the molecule is CCC1(C)CCN(C(=O)N[C@H](CC(=O)O)C(=O)O)CC1. The molecule has 0 spiro atoms. The minimum Gasteiger partial charge on any atom is -0.481 e. The molecule has 0 bridgehead atoms. The Morgan fingerprint density at radius 3 is 2.20 bits per heavy atom. The van der Waals surface area contributed by atoms with Gasteiger partial charge in [-0.25, -0.2) is 9.59 Å². The number of carboxylic acid groups (broad SMARTS) is 2. The third kappa shape index (κ3) is 4.40. The predicted molar refractivity (Wildman–Crippen MR) is 71.4 cm³/mol. The van der Waals surface area contributed by atoms with Crippen LogP contribution < -0.4 is 5.32 Å². The molecular weight excluding hydrogens is 264 g/mol. The van der Waals surface area contributed by atoms with E-state index >= 15 is 0 Å². The Hall–Kier alpha value is -1.79. The second-order valence-electron chi connectivity index (χ2n) is 5.59. The van der Waals surface area contributed by atoms with Crippen LogP contribution >= 0.6 is 0 Å². The predicted octanol–water partition coefficient (Wildman–Crippen LogP) is 1.14. The lowest BCUT2D eigenvalue weighted by Crippen LogP contribution is -2.51. The van der Waals surface area contributed by atoms with Gasteiger partial charge in [-0.3, -0.25) is 4.79 Å². The number of carbonyl (C=O) groups excluding carboxylic acids is 1. The molecule has 0 aromatic carbocycles. The van der Waals surface area contributed by atoms with E-state index in [4.69, 9.17) is 10.2 Å². The average Bonchev–Trinajstić information content (AvgIpc) is 2.38. The van der Waals surface area contributed by atoms with E-state index in [1.165, 1.54) is 0 Å². The number of carbonyl (C=O) groups is 3. The number of carboxylic acids is 2. The highest BCUT2D eigenvalue weighted by Crippen LogP contribution is 2.33. The van der Waals surface area contributed by atoms with Crippen molar-refractivity contribution in [1.82, 2.24) is 10.2 Å². The number of nitrogens with one attached hydrogen (secondary N) is 1. The van der Waals surface area contributed by atoms with Crippen LogP contribution in [-0.4, -0.2) is 52.2 Å². The minimum atomic E-state index is -1.39. The van der Waals surface area contributed by atoms with Gasteiger partial charge in [0, 0.05) is 13.1 Å². The number of piperidine rings is 1. The molecule has 1 saturated heterocycles. The maximum atomic E-state index is 12.0. The van der Waals surface area contributed by atoms with Crippen LogP contribution in [0.2, 0.25) is 0 Å². The van der Waals surface area contributed by atoms with Gasteiger partial charge in [0.2, 0.25) is 0 Å². The first-order valence-corrected chi connectivity index (χ1v) is 6.77. The summed E-state index contributed by atoms with van der Waals surface area (Å²) in [5.74, 6) is -2.59. The quantitative estimate of drug-likeness (QED) is 0.702. The van der Waals surface area contributed by atoms with Gasteiger partial charge in [0.15, 0.2) is 0 Å². The summed E-state index contributed by atoms with van der Waals surface area (Å²) in [4.78, 5) is 35.0. The van der Waals surface area contributed by atoms with Gasteiger partial charge in [0.25, 0.3) is 0 Å². The van der Waals surface area contributed by atoms with E-state index in [1.54, 1.807) is 4.90 Å². The van der Waals surface area contributed by atoms with Crippen LogP contribution in [-0.2, 0) is 9.59 Å². The number of amides is 2. The molecule has 1 aliphatic rings. The fourth-order valence-corrected chi connectivity index (χ4v) is 2.22. The Bertz CT molecular complexity index is 388. The molecule has 1 aliphatic heterocycles. The smallest absolute Gasteiger partial charge is 0.326 e. The Morgan fingerprint density at radius 2 is 1.80 bits per heavy atom. The van der Waals surface area contributed by atoms with Crippen molar-refractivity contribution in [3.05, 3.63) is 0 Å². The Kier molecular flexibility index (Phi) is 5.35. The molecule has 0 radical (unpaired) electrons. The Labute approximate surface area is 117 Å². The highest BCUT2D eigenvalue weighted by atomic mass is 16.4. The van der Waals surface area contributed by atoms with Crippen molar-refractivity contribution in [2.75, 3.05) is 13.1 Å². The van der Waals surface area contributed by atoms with Crippen LogP contribution in [0.3, 0.4) is 0 Å². The maximum absolute atomic E-state index is 12.0. The monoisotopic (exact) mass is 286 g/mol. The zero-order valence-corrected chi connectivity index (χ0v) is 11.9. The molecule has 2 amide bonds. The molecule has 0 aromatic rings. The fraction of sp³-hybridized carbons (Fsp3) is 0.769. The van der Waals surface area contributed by atoms with Crippen molar-refractivity contribution >= 4 is 18.0 Å². The first-order chi connectivity index (χ1) is 9.27. The Balaban J connectivity index is 2.54. The standard InChI is InChI=1S/C13H22N2O5/c1-3-13(2)4-6-15(7-5-13)12(20)14-9(11(18)19)8-10(16)17/h9H,3-8H2,1-2H3,(H,14,20)(H,16,17)(H,18,19)/t9-/m1/s1. The Morgan fingerprint density at radius 1 is 1.25 bits per heavy atom. The summed E-state index contributed by atoms with van der Waals surface area (Å²) in [7, 11) is 0. The number of aliphatic carboxylic acids is 2. The number of nitrogens with zero attached hydrogens (tertiary/aromatic N) is 1. The van der Waals surface area contributed by atoms with Crippen molar-refractivity contribution in [3.63, 3.8) is 0 Å². The summed E-state index contributed by atoms with van der Waals surface area (Å²) in [6.45, 7) is 5.42. The molecule has 1 atom stereocenters. The molecule has 7 heteroatoms. The number of rotatable bonds is 5. The lowest BCUT2D eigenvalue weighted by Gasteiger charge is -2.39. The average molecular weight is 286 g/mol. The molecule has 1 fully saturated rings.